The number of fused-ring (bicyclic) bond motifs is 1. The van der Waals surface area contributed by atoms with E-state index in [0.29, 0.717) is 19.7 Å². The summed E-state index contributed by atoms with van der Waals surface area (Å²) in [7, 11) is 1.84. The number of nitrogens with zero attached hydrogens (tertiary/aromatic N) is 4. The highest BCUT2D eigenvalue weighted by molar-refractivity contribution is 5.77. The van der Waals surface area contributed by atoms with Crippen molar-refractivity contribution in [1.82, 2.24) is 25.0 Å². The molecule has 7 nitrogen and oxygen atoms in total. The van der Waals surface area contributed by atoms with Crippen LogP contribution in [0.3, 0.4) is 0 Å². The minimum atomic E-state index is 0.101. The van der Waals surface area contributed by atoms with Crippen LogP contribution in [0.2, 0.25) is 0 Å². The lowest BCUT2D eigenvalue weighted by Gasteiger charge is -2.25. The lowest BCUT2D eigenvalue weighted by molar-refractivity contribution is -0.129. The number of nitrogens with one attached hydrogen (secondary N) is 1. The van der Waals surface area contributed by atoms with E-state index in [4.69, 9.17) is 4.74 Å². The van der Waals surface area contributed by atoms with Crippen molar-refractivity contribution in [1.29, 1.82) is 0 Å². The molecule has 134 valence electrons. The van der Waals surface area contributed by atoms with Gasteiger partial charge in [-0.2, -0.15) is 5.10 Å². The number of benzene rings is 1. The number of para-hydroxylation sites is 1. The summed E-state index contributed by atoms with van der Waals surface area (Å²) in [4.78, 5) is 18.2. The Kier molecular flexibility index (Phi) is 6.00. The number of likely N-dealkylation sites (N-methyl/N-ethyl adjacent to an activating group) is 1. The van der Waals surface area contributed by atoms with E-state index >= 15 is 0 Å². The SMILES string of the molecule is CN(CCCOc1ccccc1)C(=O)CN[C@@H]1CCc2ncnn2C1. The highest BCUT2D eigenvalue weighted by atomic mass is 16.5. The molecule has 7 heteroatoms. The van der Waals surface area contributed by atoms with Crippen molar-refractivity contribution in [2.75, 3.05) is 26.7 Å². The van der Waals surface area contributed by atoms with Gasteiger partial charge in [0.05, 0.1) is 19.7 Å². The van der Waals surface area contributed by atoms with E-state index in [1.807, 2.05) is 42.1 Å². The van der Waals surface area contributed by atoms with Crippen LogP contribution in [0.4, 0.5) is 0 Å². The van der Waals surface area contributed by atoms with Gasteiger partial charge in [0.25, 0.3) is 0 Å². The molecule has 1 aliphatic rings. The molecule has 2 aromatic rings. The third-order valence-electron chi connectivity index (χ3n) is 4.42. The Morgan fingerprint density at radius 1 is 1.40 bits per heavy atom. The van der Waals surface area contributed by atoms with E-state index in [9.17, 15) is 4.79 Å². The summed E-state index contributed by atoms with van der Waals surface area (Å²) >= 11 is 0. The molecule has 3 rings (SSSR count). The second-order valence-electron chi connectivity index (χ2n) is 6.31. The molecule has 1 amide bonds. The average Bonchev–Trinajstić information content (AvgIpc) is 3.11. The Balaban J connectivity index is 1.31. The summed E-state index contributed by atoms with van der Waals surface area (Å²) in [6.45, 7) is 2.42. The smallest absolute Gasteiger partial charge is 0.236 e. The van der Waals surface area contributed by atoms with Crippen molar-refractivity contribution < 1.29 is 9.53 Å². The standard InChI is InChI=1S/C18H25N5O2/c1-22(10-5-11-25-16-6-3-2-4-7-16)18(24)12-19-15-8-9-17-20-14-21-23(17)13-15/h2-4,6-7,14-15,19H,5,8-13H2,1H3/t15-/m1/s1. The van der Waals surface area contributed by atoms with Crippen LogP contribution < -0.4 is 10.1 Å². The number of rotatable bonds is 8. The van der Waals surface area contributed by atoms with Gasteiger partial charge < -0.3 is 15.0 Å². The minimum Gasteiger partial charge on any atom is -0.494 e. The van der Waals surface area contributed by atoms with Gasteiger partial charge in [-0.15, -0.1) is 0 Å². The normalized spacial score (nSPS) is 16.3. The van der Waals surface area contributed by atoms with Crippen LogP contribution in [0, 0.1) is 0 Å². The molecule has 0 saturated carbocycles. The molecule has 1 N–H and O–H groups in total. The van der Waals surface area contributed by atoms with Crippen LogP contribution in [-0.2, 0) is 17.8 Å². The number of hydrogen-bond acceptors (Lipinski definition) is 5. The molecule has 1 aliphatic heterocycles. The predicted molar refractivity (Wildman–Crippen MR) is 94.3 cm³/mol. The molecular formula is C18H25N5O2. The monoisotopic (exact) mass is 343 g/mol. The zero-order valence-electron chi connectivity index (χ0n) is 14.6. The molecule has 0 spiro atoms. The Bertz CT molecular complexity index is 673. The van der Waals surface area contributed by atoms with Crippen molar-refractivity contribution in [3.8, 4) is 5.75 Å². The zero-order valence-corrected chi connectivity index (χ0v) is 14.6. The van der Waals surface area contributed by atoms with Crippen molar-refractivity contribution in [2.24, 2.45) is 0 Å². The number of aromatic nitrogens is 3. The topological polar surface area (TPSA) is 72.3 Å². The highest BCUT2D eigenvalue weighted by Gasteiger charge is 2.20. The Morgan fingerprint density at radius 3 is 3.08 bits per heavy atom. The molecule has 0 bridgehead atoms. The maximum Gasteiger partial charge on any atom is 0.236 e. The molecule has 25 heavy (non-hydrogen) atoms. The quantitative estimate of drug-likeness (QED) is 0.727. The van der Waals surface area contributed by atoms with Gasteiger partial charge >= 0.3 is 0 Å². The summed E-state index contributed by atoms with van der Waals surface area (Å²) < 4.78 is 7.56. The summed E-state index contributed by atoms with van der Waals surface area (Å²) in [5, 5.41) is 7.54. The number of hydrogen-bond donors (Lipinski definition) is 1. The first kappa shape index (κ1) is 17.4. The molecule has 2 heterocycles. The van der Waals surface area contributed by atoms with E-state index in [1.165, 1.54) is 0 Å². The fourth-order valence-electron chi connectivity index (χ4n) is 2.90. The maximum absolute atomic E-state index is 12.2. The molecule has 0 unspecified atom stereocenters. The van der Waals surface area contributed by atoms with Crippen LogP contribution in [0.5, 0.6) is 5.75 Å². The van der Waals surface area contributed by atoms with E-state index in [2.05, 4.69) is 15.4 Å². The lowest BCUT2D eigenvalue weighted by Crippen LogP contribution is -2.44. The van der Waals surface area contributed by atoms with Gasteiger partial charge in [0.2, 0.25) is 5.91 Å². The van der Waals surface area contributed by atoms with Gasteiger partial charge in [0.15, 0.2) is 0 Å². The van der Waals surface area contributed by atoms with Gasteiger partial charge in [-0.1, -0.05) is 18.2 Å². The first-order valence-electron chi connectivity index (χ1n) is 8.74. The average molecular weight is 343 g/mol. The van der Waals surface area contributed by atoms with Crippen LogP contribution >= 0.6 is 0 Å². The molecule has 0 saturated heterocycles. The summed E-state index contributed by atoms with van der Waals surface area (Å²) in [5.41, 5.74) is 0. The van der Waals surface area contributed by atoms with Crippen molar-refractivity contribution >= 4 is 5.91 Å². The molecule has 1 aromatic heterocycles. The van der Waals surface area contributed by atoms with Crippen molar-refractivity contribution in [3.63, 3.8) is 0 Å². The van der Waals surface area contributed by atoms with Crippen LogP contribution in [0.15, 0.2) is 36.7 Å². The minimum absolute atomic E-state index is 0.101. The summed E-state index contributed by atoms with van der Waals surface area (Å²) in [5.74, 6) is 1.99. The first-order valence-corrected chi connectivity index (χ1v) is 8.74. The predicted octanol–water partition coefficient (Wildman–Crippen LogP) is 1.11. The number of carbonyl (C=O) groups is 1. The van der Waals surface area contributed by atoms with E-state index < -0.39 is 0 Å². The number of carbonyl (C=O) groups excluding carboxylic acids is 1. The third-order valence-corrected chi connectivity index (χ3v) is 4.42. The molecule has 0 aliphatic carbocycles. The van der Waals surface area contributed by atoms with Crippen molar-refractivity contribution in [3.05, 3.63) is 42.5 Å². The Morgan fingerprint density at radius 2 is 2.24 bits per heavy atom. The fourth-order valence-corrected chi connectivity index (χ4v) is 2.90. The second kappa shape index (κ2) is 8.62. The van der Waals surface area contributed by atoms with E-state index in [1.54, 1.807) is 11.2 Å². The van der Waals surface area contributed by atoms with Crippen LogP contribution in [0.25, 0.3) is 0 Å². The van der Waals surface area contributed by atoms with Gasteiger partial charge in [-0.3, -0.25) is 4.79 Å². The molecule has 0 fully saturated rings. The Hall–Kier alpha value is -2.41. The third kappa shape index (κ3) is 5.03. The maximum atomic E-state index is 12.2. The van der Waals surface area contributed by atoms with Gasteiger partial charge in [-0.05, 0) is 25.0 Å². The lowest BCUT2D eigenvalue weighted by atomic mass is 10.1. The van der Waals surface area contributed by atoms with Gasteiger partial charge in [0, 0.05) is 26.1 Å². The highest BCUT2D eigenvalue weighted by Crippen LogP contribution is 2.11. The van der Waals surface area contributed by atoms with Crippen molar-refractivity contribution in [2.45, 2.75) is 31.8 Å². The Labute approximate surface area is 148 Å². The molecule has 1 aromatic carbocycles. The largest absolute Gasteiger partial charge is 0.494 e. The number of amides is 1. The molecule has 1 atom stereocenters. The number of ether oxygens (including phenoxy) is 1. The first-order chi connectivity index (χ1) is 12.2. The van der Waals surface area contributed by atoms with Gasteiger partial charge in [-0.25, -0.2) is 9.67 Å². The molecular weight excluding hydrogens is 318 g/mol. The second-order valence-corrected chi connectivity index (χ2v) is 6.31. The van der Waals surface area contributed by atoms with Crippen LogP contribution in [-0.4, -0.2) is 58.4 Å². The fraction of sp³-hybridized carbons (Fsp3) is 0.500. The van der Waals surface area contributed by atoms with Crippen LogP contribution in [0.1, 0.15) is 18.7 Å². The van der Waals surface area contributed by atoms with Gasteiger partial charge in [0.1, 0.15) is 17.9 Å². The van der Waals surface area contributed by atoms with E-state index in [0.717, 1.165) is 37.4 Å². The number of aryl methyl sites for hydroxylation is 1. The molecule has 0 radical (unpaired) electrons. The van der Waals surface area contributed by atoms with E-state index in [-0.39, 0.29) is 11.9 Å². The summed E-state index contributed by atoms with van der Waals surface area (Å²) in [6, 6.07) is 10.00. The zero-order chi connectivity index (χ0) is 17.5. The summed E-state index contributed by atoms with van der Waals surface area (Å²) in [6.07, 6.45) is 4.29.